The van der Waals surface area contributed by atoms with Crippen LogP contribution in [0.15, 0.2) is 47.6 Å². The highest BCUT2D eigenvalue weighted by atomic mass is 19.1. The van der Waals surface area contributed by atoms with Crippen molar-refractivity contribution in [2.24, 2.45) is 5.16 Å². The standard InChI is InChI=1S/C17H16FN3O2/c1-11-6-5-9-15(19-11)20-16(22)17(2)10-14(21-23-17)12-7-3-4-8-13(12)18/h3-9H,10H2,1-2H3,(H,19,20,22)/t17-/m0/s1. The zero-order chi connectivity index (χ0) is 16.4. The molecular formula is C17H16FN3O2. The molecule has 0 spiro atoms. The van der Waals surface area contributed by atoms with Crippen molar-refractivity contribution in [1.29, 1.82) is 0 Å². The highest BCUT2D eigenvalue weighted by Crippen LogP contribution is 2.28. The van der Waals surface area contributed by atoms with E-state index in [1.807, 2.05) is 13.0 Å². The van der Waals surface area contributed by atoms with Crippen LogP contribution in [0.5, 0.6) is 0 Å². The number of nitrogens with zero attached hydrogens (tertiary/aromatic N) is 2. The number of carbonyl (C=O) groups excluding carboxylic acids is 1. The summed E-state index contributed by atoms with van der Waals surface area (Å²) in [5.74, 6) is -0.315. The Kier molecular flexibility index (Phi) is 3.82. The van der Waals surface area contributed by atoms with Gasteiger partial charge >= 0.3 is 0 Å². The number of oxime groups is 1. The summed E-state index contributed by atoms with van der Waals surface area (Å²) in [6.07, 6.45) is 0.186. The summed E-state index contributed by atoms with van der Waals surface area (Å²) in [7, 11) is 0. The Morgan fingerprint density at radius 3 is 2.78 bits per heavy atom. The van der Waals surface area contributed by atoms with E-state index in [4.69, 9.17) is 4.84 Å². The number of hydrogen-bond donors (Lipinski definition) is 1. The van der Waals surface area contributed by atoms with Crippen molar-refractivity contribution in [3.8, 4) is 0 Å². The summed E-state index contributed by atoms with van der Waals surface area (Å²) in [4.78, 5) is 22.0. The van der Waals surface area contributed by atoms with Crippen LogP contribution in [-0.4, -0.2) is 22.2 Å². The van der Waals surface area contributed by atoms with E-state index in [0.717, 1.165) is 5.69 Å². The third-order valence-electron chi connectivity index (χ3n) is 3.66. The van der Waals surface area contributed by atoms with Crippen LogP contribution in [0.2, 0.25) is 0 Å². The molecule has 6 heteroatoms. The number of carbonyl (C=O) groups is 1. The van der Waals surface area contributed by atoms with Crippen LogP contribution in [0.1, 0.15) is 24.6 Å². The number of halogens is 1. The molecule has 1 amide bonds. The van der Waals surface area contributed by atoms with Crippen LogP contribution in [0.4, 0.5) is 10.2 Å². The van der Waals surface area contributed by atoms with Gasteiger partial charge in [-0.1, -0.05) is 29.4 Å². The fourth-order valence-electron chi connectivity index (χ4n) is 2.36. The van der Waals surface area contributed by atoms with Gasteiger partial charge in [0.15, 0.2) is 0 Å². The molecule has 0 radical (unpaired) electrons. The van der Waals surface area contributed by atoms with Gasteiger partial charge in [0.05, 0.1) is 5.71 Å². The molecule has 1 aromatic carbocycles. The summed E-state index contributed by atoms with van der Waals surface area (Å²) in [6.45, 7) is 3.46. The van der Waals surface area contributed by atoms with Gasteiger partial charge in [-0.05, 0) is 32.0 Å². The first-order chi connectivity index (χ1) is 11.0. The van der Waals surface area contributed by atoms with E-state index in [1.54, 1.807) is 37.3 Å². The van der Waals surface area contributed by atoms with E-state index in [-0.39, 0.29) is 18.1 Å². The highest BCUT2D eigenvalue weighted by Gasteiger charge is 2.42. The zero-order valence-corrected chi connectivity index (χ0v) is 12.8. The minimum Gasteiger partial charge on any atom is -0.379 e. The van der Waals surface area contributed by atoms with Crippen LogP contribution < -0.4 is 5.32 Å². The van der Waals surface area contributed by atoms with Gasteiger partial charge in [-0.25, -0.2) is 9.37 Å². The molecule has 0 unspecified atom stereocenters. The molecule has 118 valence electrons. The van der Waals surface area contributed by atoms with Crippen LogP contribution >= 0.6 is 0 Å². The molecule has 0 saturated carbocycles. The summed E-state index contributed by atoms with van der Waals surface area (Å²) in [5.41, 5.74) is 0.363. The second-order valence-corrected chi connectivity index (χ2v) is 5.64. The van der Waals surface area contributed by atoms with Gasteiger partial charge in [-0.15, -0.1) is 0 Å². The van der Waals surface area contributed by atoms with Gasteiger partial charge in [0.25, 0.3) is 5.91 Å². The highest BCUT2D eigenvalue weighted by molar-refractivity contribution is 6.07. The Bertz CT molecular complexity index is 791. The lowest BCUT2D eigenvalue weighted by molar-refractivity contribution is -0.135. The van der Waals surface area contributed by atoms with E-state index in [9.17, 15) is 9.18 Å². The average Bonchev–Trinajstić information content (AvgIpc) is 2.91. The van der Waals surface area contributed by atoms with Gasteiger partial charge in [-0.2, -0.15) is 0 Å². The van der Waals surface area contributed by atoms with Crippen molar-refractivity contribution in [3.05, 3.63) is 59.5 Å². The van der Waals surface area contributed by atoms with E-state index in [1.165, 1.54) is 6.07 Å². The van der Waals surface area contributed by atoms with Crippen molar-refractivity contribution in [2.75, 3.05) is 5.32 Å². The summed E-state index contributed by atoms with van der Waals surface area (Å²) < 4.78 is 13.8. The number of rotatable bonds is 3. The molecule has 0 aliphatic carbocycles. The van der Waals surface area contributed by atoms with Gasteiger partial charge in [0.2, 0.25) is 5.60 Å². The number of hydrogen-bond acceptors (Lipinski definition) is 4. The third kappa shape index (κ3) is 3.06. The largest absolute Gasteiger partial charge is 0.379 e. The molecule has 1 aliphatic heterocycles. The predicted molar refractivity (Wildman–Crippen MR) is 84.6 cm³/mol. The number of aryl methyl sites for hydroxylation is 1. The Morgan fingerprint density at radius 1 is 1.26 bits per heavy atom. The SMILES string of the molecule is Cc1cccc(NC(=O)[C@]2(C)CC(c3ccccc3F)=NO2)n1. The van der Waals surface area contributed by atoms with Crippen molar-refractivity contribution in [3.63, 3.8) is 0 Å². The lowest BCUT2D eigenvalue weighted by Gasteiger charge is -2.20. The second kappa shape index (κ2) is 5.79. The lowest BCUT2D eigenvalue weighted by atomic mass is 9.95. The zero-order valence-electron chi connectivity index (χ0n) is 12.8. The number of anilines is 1. The molecule has 0 fully saturated rings. The molecule has 1 N–H and O–H groups in total. The minimum atomic E-state index is -1.19. The molecule has 0 bridgehead atoms. The van der Waals surface area contributed by atoms with Crippen LogP contribution in [0, 0.1) is 12.7 Å². The Hall–Kier alpha value is -2.76. The van der Waals surface area contributed by atoms with Crippen LogP contribution in [-0.2, 0) is 9.63 Å². The monoisotopic (exact) mass is 313 g/mol. The van der Waals surface area contributed by atoms with Gasteiger partial charge in [0.1, 0.15) is 11.6 Å². The van der Waals surface area contributed by atoms with Crippen molar-refractivity contribution < 1.29 is 14.0 Å². The van der Waals surface area contributed by atoms with E-state index in [2.05, 4.69) is 15.5 Å². The first kappa shape index (κ1) is 15.1. The molecule has 2 aromatic rings. The van der Waals surface area contributed by atoms with Gasteiger partial charge < -0.3 is 10.2 Å². The topological polar surface area (TPSA) is 63.6 Å². The summed E-state index contributed by atoms with van der Waals surface area (Å²) in [5, 5.41) is 6.61. The summed E-state index contributed by atoms with van der Waals surface area (Å²) >= 11 is 0. The Balaban J connectivity index is 1.74. The average molecular weight is 313 g/mol. The molecule has 0 saturated heterocycles. The number of benzene rings is 1. The first-order valence-electron chi connectivity index (χ1n) is 7.23. The number of amides is 1. The first-order valence-corrected chi connectivity index (χ1v) is 7.23. The molecule has 23 heavy (non-hydrogen) atoms. The predicted octanol–water partition coefficient (Wildman–Crippen LogP) is 3.05. The molecule has 1 aliphatic rings. The van der Waals surface area contributed by atoms with Gasteiger partial charge in [0, 0.05) is 17.7 Å². The maximum Gasteiger partial charge on any atom is 0.272 e. The van der Waals surface area contributed by atoms with Crippen LogP contribution in [0.25, 0.3) is 0 Å². The molecule has 3 rings (SSSR count). The fourth-order valence-corrected chi connectivity index (χ4v) is 2.36. The third-order valence-corrected chi connectivity index (χ3v) is 3.66. The molecular weight excluding hydrogens is 297 g/mol. The van der Waals surface area contributed by atoms with Crippen LogP contribution in [0.3, 0.4) is 0 Å². The maximum atomic E-state index is 13.8. The van der Waals surface area contributed by atoms with Crippen molar-refractivity contribution >= 4 is 17.4 Å². The quantitative estimate of drug-likeness (QED) is 0.947. The normalized spacial score (nSPS) is 19.9. The molecule has 1 atom stereocenters. The number of nitrogens with one attached hydrogen (secondary N) is 1. The van der Waals surface area contributed by atoms with Gasteiger partial charge in [-0.3, -0.25) is 4.79 Å². The van der Waals surface area contributed by atoms with E-state index in [0.29, 0.717) is 17.1 Å². The lowest BCUT2D eigenvalue weighted by Crippen LogP contribution is -2.40. The summed E-state index contributed by atoms with van der Waals surface area (Å²) in [6, 6.07) is 11.6. The second-order valence-electron chi connectivity index (χ2n) is 5.64. The Morgan fingerprint density at radius 2 is 2.04 bits per heavy atom. The Labute approximate surface area is 133 Å². The number of pyridine rings is 1. The fraction of sp³-hybridized carbons (Fsp3) is 0.235. The smallest absolute Gasteiger partial charge is 0.272 e. The number of aromatic nitrogens is 1. The minimum absolute atomic E-state index is 0.186. The van der Waals surface area contributed by atoms with E-state index < -0.39 is 5.60 Å². The maximum absolute atomic E-state index is 13.8. The van der Waals surface area contributed by atoms with Crippen molar-refractivity contribution in [1.82, 2.24) is 4.98 Å². The van der Waals surface area contributed by atoms with E-state index >= 15 is 0 Å². The molecule has 1 aromatic heterocycles. The molecule has 5 nitrogen and oxygen atoms in total. The van der Waals surface area contributed by atoms with Crippen molar-refractivity contribution in [2.45, 2.75) is 25.9 Å². The molecule has 2 heterocycles.